The summed E-state index contributed by atoms with van der Waals surface area (Å²) in [6.45, 7) is 2.08. The van der Waals surface area contributed by atoms with Crippen molar-refractivity contribution in [3.05, 3.63) is 10.2 Å². The Morgan fingerprint density at radius 1 is 1.67 bits per heavy atom. The zero-order valence-electron chi connectivity index (χ0n) is 5.56. The summed E-state index contributed by atoms with van der Waals surface area (Å²) in [6.07, 6.45) is 4.44. The van der Waals surface area contributed by atoms with Gasteiger partial charge in [0.05, 0.1) is 0 Å². The maximum Gasteiger partial charge on any atom is 0.156 e. The van der Waals surface area contributed by atoms with Crippen molar-refractivity contribution in [2.24, 2.45) is 0 Å². The lowest BCUT2D eigenvalue weighted by Gasteiger charge is -1.88. The number of carbonyl (C=O) groups excluding carboxylic acids is 1. The molecule has 0 N–H and O–H groups in total. The normalized spacial score (nSPS) is 10.4. The van der Waals surface area contributed by atoms with Gasteiger partial charge in [0.2, 0.25) is 0 Å². The maximum atomic E-state index is 10.7. The van der Waals surface area contributed by atoms with Crippen LogP contribution in [0.5, 0.6) is 0 Å². The van der Waals surface area contributed by atoms with E-state index in [-0.39, 0.29) is 5.78 Å². The summed E-state index contributed by atoms with van der Waals surface area (Å²) in [6, 6.07) is 0. The summed E-state index contributed by atoms with van der Waals surface area (Å²) < 4.78 is 1.76. The van der Waals surface area contributed by atoms with E-state index in [0.29, 0.717) is 6.42 Å². The Bertz CT molecular complexity index is 107. The van der Waals surface area contributed by atoms with E-state index in [4.69, 9.17) is 0 Å². The van der Waals surface area contributed by atoms with Gasteiger partial charge in [-0.05, 0) is 16.6 Å². The summed E-state index contributed by atoms with van der Waals surface area (Å²) in [5.41, 5.74) is 0. The maximum absolute atomic E-state index is 10.7. The molecule has 0 aliphatic heterocycles. The van der Waals surface area contributed by atoms with Gasteiger partial charge in [0.15, 0.2) is 5.78 Å². The molecule has 0 aliphatic rings. The first kappa shape index (κ1) is 9.14. The predicted molar refractivity (Wildman–Crippen MR) is 47.7 cm³/mol. The van der Waals surface area contributed by atoms with Crippen molar-refractivity contribution in [3.8, 4) is 0 Å². The molecular weight excluding hydrogens is 227 g/mol. The lowest BCUT2D eigenvalue weighted by atomic mass is 10.2. The SMILES string of the molecule is CCCCC(=O)C=CI. The highest BCUT2D eigenvalue weighted by atomic mass is 127. The average Bonchev–Trinajstić information content (AvgIpc) is 1.85. The van der Waals surface area contributed by atoms with Crippen LogP contribution in [0.2, 0.25) is 0 Å². The van der Waals surface area contributed by atoms with Crippen LogP contribution in [0.4, 0.5) is 0 Å². The lowest BCUT2D eigenvalue weighted by molar-refractivity contribution is -0.114. The molecule has 0 aromatic rings. The van der Waals surface area contributed by atoms with Crippen LogP contribution >= 0.6 is 22.6 Å². The van der Waals surface area contributed by atoms with Gasteiger partial charge in [-0.15, -0.1) is 0 Å². The zero-order chi connectivity index (χ0) is 7.11. The number of unbranched alkanes of at least 4 members (excludes halogenated alkanes) is 1. The second kappa shape index (κ2) is 6.26. The summed E-state index contributed by atoms with van der Waals surface area (Å²) in [5, 5.41) is 0. The van der Waals surface area contributed by atoms with Crippen molar-refractivity contribution in [2.45, 2.75) is 26.2 Å². The van der Waals surface area contributed by atoms with Crippen molar-refractivity contribution in [3.63, 3.8) is 0 Å². The first-order valence-electron chi connectivity index (χ1n) is 3.11. The molecular formula is C7H11IO. The number of carbonyl (C=O) groups is 1. The second-order valence-electron chi connectivity index (χ2n) is 1.86. The number of hydrogen-bond donors (Lipinski definition) is 0. The summed E-state index contributed by atoms with van der Waals surface area (Å²) in [5.74, 6) is 0.242. The number of hydrogen-bond acceptors (Lipinski definition) is 1. The molecule has 9 heavy (non-hydrogen) atoms. The average molecular weight is 238 g/mol. The summed E-state index contributed by atoms with van der Waals surface area (Å²) in [7, 11) is 0. The van der Waals surface area contributed by atoms with Crippen LogP contribution in [-0.4, -0.2) is 5.78 Å². The van der Waals surface area contributed by atoms with Gasteiger partial charge in [0.25, 0.3) is 0 Å². The van der Waals surface area contributed by atoms with E-state index in [1.54, 1.807) is 10.2 Å². The van der Waals surface area contributed by atoms with Gasteiger partial charge in [-0.3, -0.25) is 4.79 Å². The van der Waals surface area contributed by atoms with Crippen LogP contribution in [0.25, 0.3) is 0 Å². The van der Waals surface area contributed by atoms with E-state index in [9.17, 15) is 4.79 Å². The predicted octanol–water partition coefficient (Wildman–Crippen LogP) is 2.69. The molecule has 0 fully saturated rings. The van der Waals surface area contributed by atoms with E-state index in [2.05, 4.69) is 29.5 Å². The number of ketones is 1. The molecule has 0 amide bonds. The Hall–Kier alpha value is 0.140. The minimum absolute atomic E-state index is 0.242. The molecule has 2 heteroatoms. The van der Waals surface area contributed by atoms with Gasteiger partial charge in [-0.25, -0.2) is 0 Å². The first-order chi connectivity index (χ1) is 4.31. The van der Waals surface area contributed by atoms with Crippen LogP contribution in [0.1, 0.15) is 26.2 Å². The van der Waals surface area contributed by atoms with E-state index < -0.39 is 0 Å². The number of halogens is 1. The fraction of sp³-hybridized carbons (Fsp3) is 0.571. The third-order valence-electron chi connectivity index (χ3n) is 1.03. The molecule has 0 heterocycles. The van der Waals surface area contributed by atoms with Gasteiger partial charge < -0.3 is 0 Å². The highest BCUT2D eigenvalue weighted by Crippen LogP contribution is 1.96. The Morgan fingerprint density at radius 3 is 2.78 bits per heavy atom. The molecule has 0 rings (SSSR count). The van der Waals surface area contributed by atoms with Gasteiger partial charge in [0.1, 0.15) is 0 Å². The second-order valence-corrected chi connectivity index (χ2v) is 2.58. The molecule has 0 saturated carbocycles. The van der Waals surface area contributed by atoms with Crippen molar-refractivity contribution in [1.29, 1.82) is 0 Å². The molecule has 0 atom stereocenters. The highest BCUT2D eigenvalue weighted by molar-refractivity contribution is 14.1. The minimum Gasteiger partial charge on any atom is -0.295 e. The van der Waals surface area contributed by atoms with Crippen molar-refractivity contribution in [2.75, 3.05) is 0 Å². The van der Waals surface area contributed by atoms with Gasteiger partial charge in [0, 0.05) is 6.42 Å². The van der Waals surface area contributed by atoms with E-state index >= 15 is 0 Å². The molecule has 0 spiro atoms. The van der Waals surface area contributed by atoms with Gasteiger partial charge in [-0.2, -0.15) is 0 Å². The Labute approximate surface area is 69.7 Å². The first-order valence-corrected chi connectivity index (χ1v) is 4.35. The molecule has 0 unspecified atom stereocenters. The van der Waals surface area contributed by atoms with Crippen LogP contribution in [0.3, 0.4) is 0 Å². The Balaban J connectivity index is 3.27. The van der Waals surface area contributed by atoms with E-state index in [1.807, 2.05) is 0 Å². The van der Waals surface area contributed by atoms with E-state index in [1.165, 1.54) is 0 Å². The summed E-state index contributed by atoms with van der Waals surface area (Å²) in [4.78, 5) is 10.7. The third kappa shape index (κ3) is 6.02. The van der Waals surface area contributed by atoms with Gasteiger partial charge in [-0.1, -0.05) is 35.9 Å². The molecule has 0 bridgehead atoms. The minimum atomic E-state index is 0.242. The van der Waals surface area contributed by atoms with Crippen LogP contribution in [0, 0.1) is 0 Å². The fourth-order valence-electron chi connectivity index (χ4n) is 0.505. The number of rotatable bonds is 4. The Morgan fingerprint density at radius 2 is 2.33 bits per heavy atom. The van der Waals surface area contributed by atoms with Crippen molar-refractivity contribution in [1.82, 2.24) is 0 Å². The molecule has 52 valence electrons. The van der Waals surface area contributed by atoms with E-state index in [0.717, 1.165) is 12.8 Å². The molecule has 0 radical (unpaired) electrons. The molecule has 1 nitrogen and oxygen atoms in total. The highest BCUT2D eigenvalue weighted by Gasteiger charge is 1.92. The quantitative estimate of drug-likeness (QED) is 0.543. The van der Waals surface area contributed by atoms with Crippen molar-refractivity contribution >= 4 is 28.4 Å². The molecule has 0 aromatic heterocycles. The van der Waals surface area contributed by atoms with Crippen LogP contribution in [-0.2, 0) is 4.79 Å². The standard InChI is InChI=1S/C7H11IO/c1-2-3-4-7(9)5-6-8/h5-6H,2-4H2,1H3. The number of allylic oxidation sites excluding steroid dienone is 1. The smallest absolute Gasteiger partial charge is 0.156 e. The third-order valence-corrected chi connectivity index (χ3v) is 1.39. The van der Waals surface area contributed by atoms with Gasteiger partial charge >= 0.3 is 0 Å². The monoisotopic (exact) mass is 238 g/mol. The topological polar surface area (TPSA) is 17.1 Å². The fourth-order valence-corrected chi connectivity index (χ4v) is 0.906. The van der Waals surface area contributed by atoms with Crippen LogP contribution < -0.4 is 0 Å². The summed E-state index contributed by atoms with van der Waals surface area (Å²) >= 11 is 2.05. The van der Waals surface area contributed by atoms with Crippen LogP contribution in [0.15, 0.2) is 10.2 Å². The molecule has 0 aromatic carbocycles. The largest absolute Gasteiger partial charge is 0.295 e. The lowest BCUT2D eigenvalue weighted by Crippen LogP contribution is -1.89. The van der Waals surface area contributed by atoms with Crippen molar-refractivity contribution < 1.29 is 4.79 Å². The molecule has 0 aliphatic carbocycles. The molecule has 0 saturated heterocycles. The Kier molecular flexibility index (Phi) is 6.36. The zero-order valence-corrected chi connectivity index (χ0v) is 7.72.